The lowest BCUT2D eigenvalue weighted by Crippen LogP contribution is -2.15. The lowest BCUT2D eigenvalue weighted by Gasteiger charge is -2.12. The summed E-state index contributed by atoms with van der Waals surface area (Å²) in [6.07, 6.45) is 1.14. The minimum atomic E-state index is 0.269. The van der Waals surface area contributed by atoms with Crippen LogP contribution in [0.25, 0.3) is 0 Å². The van der Waals surface area contributed by atoms with E-state index in [1.807, 2.05) is 0 Å². The molecule has 0 bridgehead atoms. The summed E-state index contributed by atoms with van der Waals surface area (Å²) >= 11 is 0. The van der Waals surface area contributed by atoms with Gasteiger partial charge in [0, 0.05) is 11.5 Å². The Morgan fingerprint density at radius 3 is 2.50 bits per heavy atom. The molecule has 2 N–H and O–H groups in total. The van der Waals surface area contributed by atoms with Crippen LogP contribution in [0.5, 0.6) is 0 Å². The highest BCUT2D eigenvalue weighted by atomic mass is 14.8. The predicted octanol–water partition coefficient (Wildman–Crippen LogP) is 1.98. The Morgan fingerprint density at radius 2 is 2.00 bits per heavy atom. The summed E-state index contributed by atoms with van der Waals surface area (Å²) in [5.41, 5.74) is 8.97. The highest BCUT2D eigenvalue weighted by molar-refractivity contribution is 5.40. The molecule has 1 aromatic rings. The van der Waals surface area contributed by atoms with Gasteiger partial charge in [-0.1, -0.05) is 31.2 Å². The zero-order valence-electron chi connectivity index (χ0n) is 7.67. The second kappa shape index (κ2) is 2.33. The fraction of sp³-hybridized carbons (Fsp3) is 0.455. The van der Waals surface area contributed by atoms with Crippen LogP contribution in [0, 0.1) is 6.92 Å². The molecule has 1 aliphatic rings. The van der Waals surface area contributed by atoms with E-state index in [9.17, 15) is 0 Å². The molecule has 0 heterocycles. The molecule has 1 saturated carbocycles. The van der Waals surface area contributed by atoms with E-state index in [0.717, 1.165) is 6.42 Å². The van der Waals surface area contributed by atoms with Crippen LogP contribution in [0.4, 0.5) is 0 Å². The highest BCUT2D eigenvalue weighted by Crippen LogP contribution is 2.47. The SMILES string of the molecule is Cc1ccccc1C1(C)C[C@H]1N. The van der Waals surface area contributed by atoms with Crippen molar-refractivity contribution in [2.24, 2.45) is 5.73 Å². The zero-order valence-corrected chi connectivity index (χ0v) is 7.67. The van der Waals surface area contributed by atoms with Crippen molar-refractivity contribution in [3.05, 3.63) is 35.4 Å². The van der Waals surface area contributed by atoms with Gasteiger partial charge in [0.25, 0.3) is 0 Å². The van der Waals surface area contributed by atoms with Crippen molar-refractivity contribution < 1.29 is 0 Å². The van der Waals surface area contributed by atoms with E-state index < -0.39 is 0 Å². The smallest absolute Gasteiger partial charge is 0.0143 e. The number of nitrogens with two attached hydrogens (primary N) is 1. The highest BCUT2D eigenvalue weighted by Gasteiger charge is 2.49. The van der Waals surface area contributed by atoms with E-state index in [1.54, 1.807) is 0 Å². The maximum Gasteiger partial charge on any atom is 0.0143 e. The molecule has 1 aromatic carbocycles. The van der Waals surface area contributed by atoms with Crippen LogP contribution in [0.3, 0.4) is 0 Å². The molecule has 1 unspecified atom stereocenters. The molecule has 0 aromatic heterocycles. The summed E-state index contributed by atoms with van der Waals surface area (Å²) in [7, 11) is 0. The Balaban J connectivity index is 2.41. The quantitative estimate of drug-likeness (QED) is 0.669. The molecule has 1 nitrogen and oxygen atoms in total. The van der Waals surface area contributed by atoms with Crippen LogP contribution in [-0.4, -0.2) is 6.04 Å². The first-order chi connectivity index (χ1) is 5.64. The van der Waals surface area contributed by atoms with Crippen LogP contribution >= 0.6 is 0 Å². The minimum absolute atomic E-state index is 0.269. The number of hydrogen-bond acceptors (Lipinski definition) is 1. The standard InChI is InChI=1S/C11H15N/c1-8-5-3-4-6-9(8)11(2)7-10(11)12/h3-6,10H,7,12H2,1-2H3/t10-,11?/m1/s1. The first kappa shape index (κ1) is 7.81. The van der Waals surface area contributed by atoms with E-state index in [-0.39, 0.29) is 5.41 Å². The molecule has 0 spiro atoms. The van der Waals surface area contributed by atoms with Gasteiger partial charge in [-0.05, 0) is 24.5 Å². The summed E-state index contributed by atoms with van der Waals surface area (Å²) in [6, 6.07) is 8.90. The Labute approximate surface area is 73.6 Å². The fourth-order valence-electron chi connectivity index (χ4n) is 1.92. The van der Waals surface area contributed by atoms with E-state index in [0.29, 0.717) is 6.04 Å². The summed E-state index contributed by atoms with van der Waals surface area (Å²) in [4.78, 5) is 0. The molecule has 0 saturated heterocycles. The third kappa shape index (κ3) is 0.969. The molecule has 1 aliphatic carbocycles. The van der Waals surface area contributed by atoms with E-state index in [2.05, 4.69) is 38.1 Å². The van der Waals surface area contributed by atoms with Gasteiger partial charge >= 0.3 is 0 Å². The van der Waals surface area contributed by atoms with Crippen molar-refractivity contribution in [2.75, 3.05) is 0 Å². The van der Waals surface area contributed by atoms with Crippen LogP contribution < -0.4 is 5.73 Å². The molecule has 0 amide bonds. The van der Waals surface area contributed by atoms with E-state index in [1.165, 1.54) is 11.1 Å². The normalized spacial score (nSPS) is 33.4. The van der Waals surface area contributed by atoms with Crippen molar-refractivity contribution >= 4 is 0 Å². The average Bonchev–Trinajstić information content (AvgIpc) is 2.61. The second-order valence-electron chi connectivity index (χ2n) is 4.04. The molecule has 1 heteroatoms. The van der Waals surface area contributed by atoms with Crippen LogP contribution in [-0.2, 0) is 5.41 Å². The Bertz CT molecular complexity index is 306. The molecular weight excluding hydrogens is 146 g/mol. The van der Waals surface area contributed by atoms with E-state index in [4.69, 9.17) is 5.73 Å². The van der Waals surface area contributed by atoms with Gasteiger partial charge in [0.1, 0.15) is 0 Å². The zero-order chi connectivity index (χ0) is 8.77. The van der Waals surface area contributed by atoms with Gasteiger partial charge in [-0.2, -0.15) is 0 Å². The topological polar surface area (TPSA) is 26.0 Å². The fourth-order valence-corrected chi connectivity index (χ4v) is 1.92. The summed E-state index contributed by atoms with van der Waals surface area (Å²) in [6.45, 7) is 4.41. The lowest BCUT2D eigenvalue weighted by atomic mass is 9.93. The van der Waals surface area contributed by atoms with Gasteiger partial charge in [0.05, 0.1) is 0 Å². The number of benzene rings is 1. The van der Waals surface area contributed by atoms with Crippen molar-refractivity contribution in [1.29, 1.82) is 0 Å². The van der Waals surface area contributed by atoms with Crippen molar-refractivity contribution in [3.63, 3.8) is 0 Å². The second-order valence-corrected chi connectivity index (χ2v) is 4.04. The van der Waals surface area contributed by atoms with Crippen molar-refractivity contribution in [3.8, 4) is 0 Å². The average molecular weight is 161 g/mol. The van der Waals surface area contributed by atoms with Gasteiger partial charge in [-0.3, -0.25) is 0 Å². The maximum absolute atomic E-state index is 5.90. The van der Waals surface area contributed by atoms with E-state index >= 15 is 0 Å². The maximum atomic E-state index is 5.90. The molecule has 12 heavy (non-hydrogen) atoms. The first-order valence-electron chi connectivity index (χ1n) is 4.46. The molecular formula is C11H15N. The summed E-state index contributed by atoms with van der Waals surface area (Å²) < 4.78 is 0. The molecule has 0 radical (unpaired) electrons. The number of rotatable bonds is 1. The summed E-state index contributed by atoms with van der Waals surface area (Å²) in [5.74, 6) is 0. The van der Waals surface area contributed by atoms with Crippen LogP contribution in [0.15, 0.2) is 24.3 Å². The van der Waals surface area contributed by atoms with Crippen molar-refractivity contribution in [2.45, 2.75) is 31.7 Å². The molecule has 2 atom stereocenters. The van der Waals surface area contributed by atoms with Gasteiger partial charge in [-0.25, -0.2) is 0 Å². The van der Waals surface area contributed by atoms with Gasteiger partial charge in [-0.15, -0.1) is 0 Å². The van der Waals surface area contributed by atoms with Crippen LogP contribution in [0.2, 0.25) is 0 Å². The Morgan fingerprint density at radius 1 is 1.42 bits per heavy atom. The molecule has 2 rings (SSSR count). The van der Waals surface area contributed by atoms with Gasteiger partial charge < -0.3 is 5.73 Å². The third-order valence-corrected chi connectivity index (χ3v) is 3.06. The monoisotopic (exact) mass is 161 g/mol. The third-order valence-electron chi connectivity index (χ3n) is 3.06. The molecule has 0 aliphatic heterocycles. The van der Waals surface area contributed by atoms with Gasteiger partial charge in [0.15, 0.2) is 0 Å². The predicted molar refractivity (Wildman–Crippen MR) is 51.1 cm³/mol. The summed E-state index contributed by atoms with van der Waals surface area (Å²) in [5, 5.41) is 0. The van der Waals surface area contributed by atoms with Crippen molar-refractivity contribution in [1.82, 2.24) is 0 Å². The largest absolute Gasteiger partial charge is 0.327 e. The molecule has 1 fully saturated rings. The minimum Gasteiger partial charge on any atom is -0.327 e. The van der Waals surface area contributed by atoms with Gasteiger partial charge in [0.2, 0.25) is 0 Å². The number of hydrogen-bond donors (Lipinski definition) is 1. The van der Waals surface area contributed by atoms with Crippen LogP contribution in [0.1, 0.15) is 24.5 Å². The first-order valence-corrected chi connectivity index (χ1v) is 4.46. The Kier molecular flexibility index (Phi) is 1.52. The Hall–Kier alpha value is -0.820. The molecule has 64 valence electrons. The number of aryl methyl sites for hydroxylation is 1. The lowest BCUT2D eigenvalue weighted by molar-refractivity contribution is 0.735.